The van der Waals surface area contributed by atoms with Gasteiger partial charge in [0.25, 0.3) is 0 Å². The molecule has 0 bridgehead atoms. The van der Waals surface area contributed by atoms with Crippen molar-refractivity contribution in [2.45, 2.75) is 0 Å². The Hall–Kier alpha value is -1.01. The average molecular weight is 368 g/mol. The minimum absolute atomic E-state index is 0.144. The van der Waals surface area contributed by atoms with E-state index in [1.54, 1.807) is 0 Å². The molecule has 0 aromatic carbocycles. The van der Waals surface area contributed by atoms with Gasteiger partial charge < -0.3 is 44.6 Å². The van der Waals surface area contributed by atoms with Crippen molar-refractivity contribution < 1.29 is 38.0 Å². The molecule has 1 amide bonds. The number of hydrogen-bond acceptors (Lipinski definition) is 9. The maximum Gasteiger partial charge on any atom is 0.404 e. The van der Waals surface area contributed by atoms with Crippen molar-refractivity contribution >= 4 is 6.09 Å². The zero-order chi connectivity index (χ0) is 18.4. The van der Waals surface area contributed by atoms with Crippen LogP contribution < -0.4 is 11.5 Å². The summed E-state index contributed by atoms with van der Waals surface area (Å²) in [4.78, 5) is 10.3. The van der Waals surface area contributed by atoms with Gasteiger partial charge in [0.2, 0.25) is 0 Å². The molecule has 0 aromatic heterocycles. The van der Waals surface area contributed by atoms with E-state index in [0.717, 1.165) is 0 Å². The molecule has 0 atom stereocenters. The second-order valence-electron chi connectivity index (χ2n) is 4.63. The predicted octanol–water partition coefficient (Wildman–Crippen LogP) is -0.860. The van der Waals surface area contributed by atoms with E-state index in [0.29, 0.717) is 85.8 Å². The summed E-state index contributed by atoms with van der Waals surface area (Å²) < 4.78 is 36.1. The quantitative estimate of drug-likeness (QED) is 0.263. The second-order valence-corrected chi connectivity index (χ2v) is 4.63. The average Bonchev–Trinajstić information content (AvgIpc) is 2.60. The number of amides is 1. The fourth-order valence-electron chi connectivity index (χ4n) is 1.49. The van der Waals surface area contributed by atoms with Crippen LogP contribution in [0.5, 0.6) is 0 Å². The maximum absolute atomic E-state index is 10.3. The van der Waals surface area contributed by atoms with Crippen molar-refractivity contribution in [3.8, 4) is 0 Å². The molecule has 0 unspecified atom stereocenters. The molecule has 0 heterocycles. The lowest BCUT2D eigenvalue weighted by Gasteiger charge is -2.08. The van der Waals surface area contributed by atoms with Gasteiger partial charge in [-0.1, -0.05) is 0 Å². The third-order valence-electron chi connectivity index (χ3n) is 2.59. The van der Waals surface area contributed by atoms with E-state index in [1.807, 2.05) is 0 Å². The molecule has 0 saturated heterocycles. The van der Waals surface area contributed by atoms with Crippen LogP contribution in [0.3, 0.4) is 0 Å². The predicted molar refractivity (Wildman–Crippen MR) is 89.5 cm³/mol. The highest BCUT2D eigenvalue weighted by Gasteiger charge is 1.95. The van der Waals surface area contributed by atoms with Gasteiger partial charge in [0.15, 0.2) is 0 Å². The lowest BCUT2D eigenvalue weighted by Crippen LogP contribution is -2.17. The van der Waals surface area contributed by atoms with Crippen LogP contribution in [-0.2, 0) is 33.2 Å². The summed E-state index contributed by atoms with van der Waals surface area (Å²) in [7, 11) is 0. The molecular weight excluding hydrogens is 336 g/mol. The third-order valence-corrected chi connectivity index (χ3v) is 2.59. The molecular formula is C15H32N2O8. The van der Waals surface area contributed by atoms with Gasteiger partial charge in [-0.15, -0.1) is 0 Å². The van der Waals surface area contributed by atoms with E-state index in [4.69, 9.17) is 39.9 Å². The standard InChI is InChI=1S/C15H32N2O8/c16-1-2-19-3-4-20-5-6-21-7-8-22-9-10-23-11-12-24-13-14-25-15(17)18/h1-14,16H2,(H2,17,18). The molecule has 0 aromatic rings. The van der Waals surface area contributed by atoms with E-state index in [-0.39, 0.29) is 6.61 Å². The van der Waals surface area contributed by atoms with E-state index in [2.05, 4.69) is 4.74 Å². The zero-order valence-corrected chi connectivity index (χ0v) is 14.8. The van der Waals surface area contributed by atoms with Gasteiger partial charge in [0.05, 0.1) is 79.3 Å². The third kappa shape index (κ3) is 23.0. The van der Waals surface area contributed by atoms with Gasteiger partial charge in [-0.3, -0.25) is 0 Å². The lowest BCUT2D eigenvalue weighted by molar-refractivity contribution is -0.0181. The van der Waals surface area contributed by atoms with E-state index in [1.165, 1.54) is 0 Å². The largest absolute Gasteiger partial charge is 0.447 e. The van der Waals surface area contributed by atoms with Gasteiger partial charge in [0, 0.05) is 6.54 Å². The monoisotopic (exact) mass is 368 g/mol. The highest BCUT2D eigenvalue weighted by molar-refractivity contribution is 5.64. The minimum atomic E-state index is -0.804. The SMILES string of the molecule is NCCOCCOCCOCCOCCOCCOCCOC(N)=O. The highest BCUT2D eigenvalue weighted by Crippen LogP contribution is 1.85. The van der Waals surface area contributed by atoms with Crippen LogP contribution in [-0.4, -0.2) is 98.5 Å². The number of nitrogens with two attached hydrogens (primary N) is 2. The Balaban J connectivity index is 2.97. The number of primary amides is 1. The normalized spacial score (nSPS) is 10.9. The Morgan fingerprint density at radius 2 is 0.800 bits per heavy atom. The van der Waals surface area contributed by atoms with Crippen molar-refractivity contribution in [3.63, 3.8) is 0 Å². The first-order valence-corrected chi connectivity index (χ1v) is 8.36. The minimum Gasteiger partial charge on any atom is -0.447 e. The number of hydrogen-bond donors (Lipinski definition) is 2. The first-order chi connectivity index (χ1) is 12.3. The van der Waals surface area contributed by atoms with Crippen molar-refractivity contribution in [2.75, 3.05) is 92.4 Å². The summed E-state index contributed by atoms with van der Waals surface area (Å²) >= 11 is 0. The molecule has 0 spiro atoms. The fourth-order valence-corrected chi connectivity index (χ4v) is 1.49. The molecule has 10 heteroatoms. The van der Waals surface area contributed by atoms with Crippen molar-refractivity contribution in [1.82, 2.24) is 0 Å². The molecule has 0 saturated carbocycles. The number of carbonyl (C=O) groups is 1. The maximum atomic E-state index is 10.3. The summed E-state index contributed by atoms with van der Waals surface area (Å²) in [6.45, 7) is 6.51. The molecule has 4 N–H and O–H groups in total. The molecule has 0 aliphatic heterocycles. The molecule has 0 aliphatic rings. The molecule has 0 radical (unpaired) electrons. The molecule has 150 valence electrons. The van der Waals surface area contributed by atoms with Gasteiger partial charge >= 0.3 is 6.09 Å². The topological polar surface area (TPSA) is 134 Å². The van der Waals surface area contributed by atoms with Crippen LogP contribution in [0.2, 0.25) is 0 Å². The van der Waals surface area contributed by atoms with Crippen LogP contribution in [0, 0.1) is 0 Å². The molecule has 10 nitrogen and oxygen atoms in total. The molecule has 0 rings (SSSR count). The summed E-state index contributed by atoms with van der Waals surface area (Å²) in [5.74, 6) is 0. The Bertz CT molecular complexity index is 284. The first kappa shape index (κ1) is 24.0. The van der Waals surface area contributed by atoms with Crippen molar-refractivity contribution in [1.29, 1.82) is 0 Å². The van der Waals surface area contributed by atoms with Gasteiger partial charge in [0.1, 0.15) is 6.61 Å². The highest BCUT2D eigenvalue weighted by atomic mass is 16.6. The second kappa shape index (κ2) is 21.0. The van der Waals surface area contributed by atoms with Crippen LogP contribution in [0.25, 0.3) is 0 Å². The summed E-state index contributed by atoms with van der Waals surface area (Å²) in [5, 5.41) is 0. The zero-order valence-electron chi connectivity index (χ0n) is 14.8. The van der Waals surface area contributed by atoms with E-state index < -0.39 is 6.09 Å². The molecule has 25 heavy (non-hydrogen) atoms. The summed E-state index contributed by atoms with van der Waals surface area (Å²) in [6, 6.07) is 0. The Morgan fingerprint density at radius 3 is 1.08 bits per heavy atom. The van der Waals surface area contributed by atoms with Crippen LogP contribution >= 0.6 is 0 Å². The van der Waals surface area contributed by atoms with E-state index in [9.17, 15) is 4.79 Å². The Kier molecular flexibility index (Phi) is 20.2. The van der Waals surface area contributed by atoms with Gasteiger partial charge in [-0.2, -0.15) is 0 Å². The van der Waals surface area contributed by atoms with Crippen LogP contribution in [0.4, 0.5) is 4.79 Å². The molecule has 0 fully saturated rings. The van der Waals surface area contributed by atoms with Crippen molar-refractivity contribution in [3.05, 3.63) is 0 Å². The number of ether oxygens (including phenoxy) is 7. The summed E-state index contributed by atoms with van der Waals surface area (Å²) in [5.41, 5.74) is 10.1. The Morgan fingerprint density at radius 1 is 0.520 bits per heavy atom. The lowest BCUT2D eigenvalue weighted by atomic mass is 10.6. The van der Waals surface area contributed by atoms with E-state index >= 15 is 0 Å². The number of carbonyl (C=O) groups excluding carboxylic acids is 1. The van der Waals surface area contributed by atoms with Crippen LogP contribution in [0.15, 0.2) is 0 Å². The first-order valence-electron chi connectivity index (χ1n) is 8.36. The Labute approximate surface area is 148 Å². The summed E-state index contributed by atoms with van der Waals surface area (Å²) in [6.07, 6.45) is -0.804. The smallest absolute Gasteiger partial charge is 0.404 e. The van der Waals surface area contributed by atoms with Gasteiger partial charge in [-0.25, -0.2) is 4.79 Å². The van der Waals surface area contributed by atoms with Gasteiger partial charge in [-0.05, 0) is 0 Å². The van der Waals surface area contributed by atoms with Crippen LogP contribution in [0.1, 0.15) is 0 Å². The molecule has 0 aliphatic carbocycles. The fraction of sp³-hybridized carbons (Fsp3) is 0.933. The number of rotatable bonds is 20. The van der Waals surface area contributed by atoms with Crippen molar-refractivity contribution in [2.24, 2.45) is 11.5 Å².